The highest BCUT2D eigenvalue weighted by Gasteiger charge is 2.32. The van der Waals surface area contributed by atoms with E-state index in [1.807, 2.05) is 30.3 Å². The van der Waals surface area contributed by atoms with Gasteiger partial charge in [-0.2, -0.15) is 0 Å². The van der Waals surface area contributed by atoms with Crippen LogP contribution in [0.2, 0.25) is 0 Å². The van der Waals surface area contributed by atoms with Gasteiger partial charge >= 0.3 is 0 Å². The Morgan fingerprint density at radius 3 is 2.50 bits per heavy atom. The van der Waals surface area contributed by atoms with Crippen molar-refractivity contribution in [1.29, 1.82) is 0 Å². The second-order valence-corrected chi connectivity index (χ2v) is 6.81. The van der Waals surface area contributed by atoms with Crippen molar-refractivity contribution >= 4 is 24.2 Å². The molecule has 1 unspecified atom stereocenters. The second kappa shape index (κ2) is 4.06. The molecule has 1 aromatic rings. The van der Waals surface area contributed by atoms with Crippen molar-refractivity contribution in [2.45, 2.75) is 18.9 Å². The van der Waals surface area contributed by atoms with Crippen molar-refractivity contribution in [2.24, 2.45) is 0 Å². The zero-order chi connectivity index (χ0) is 10.0. The number of hydrogen-bond donors (Lipinski definition) is 1. The van der Waals surface area contributed by atoms with Crippen molar-refractivity contribution in [1.82, 2.24) is 5.09 Å². The SMILES string of the molecule is O=P(CCl)(NC1CC1)c1ccccc1. The van der Waals surface area contributed by atoms with Crippen LogP contribution in [0.25, 0.3) is 0 Å². The average molecular weight is 230 g/mol. The summed E-state index contributed by atoms with van der Waals surface area (Å²) in [6.07, 6.45) is 2.24. The molecule has 0 heterocycles. The van der Waals surface area contributed by atoms with Crippen LogP contribution < -0.4 is 10.4 Å². The van der Waals surface area contributed by atoms with Gasteiger partial charge < -0.3 is 4.57 Å². The lowest BCUT2D eigenvalue weighted by Crippen LogP contribution is -2.22. The van der Waals surface area contributed by atoms with Crippen LogP contribution in [0.3, 0.4) is 0 Å². The number of rotatable bonds is 4. The van der Waals surface area contributed by atoms with Crippen molar-refractivity contribution in [2.75, 3.05) is 5.62 Å². The third-order valence-electron chi connectivity index (χ3n) is 2.31. The van der Waals surface area contributed by atoms with Crippen LogP contribution in [0.1, 0.15) is 12.8 Å². The fourth-order valence-electron chi connectivity index (χ4n) is 1.35. The molecule has 0 radical (unpaired) electrons. The number of hydrogen-bond acceptors (Lipinski definition) is 1. The van der Waals surface area contributed by atoms with Crippen LogP contribution in [-0.4, -0.2) is 11.7 Å². The molecule has 1 atom stereocenters. The van der Waals surface area contributed by atoms with Gasteiger partial charge in [-0.3, -0.25) is 5.09 Å². The lowest BCUT2D eigenvalue weighted by molar-refractivity contribution is 0.574. The first kappa shape index (κ1) is 10.2. The first-order chi connectivity index (χ1) is 6.74. The molecule has 2 rings (SSSR count). The van der Waals surface area contributed by atoms with Gasteiger partial charge in [-0.15, -0.1) is 11.6 Å². The molecule has 1 saturated carbocycles. The summed E-state index contributed by atoms with van der Waals surface area (Å²) in [5, 5.41) is 3.99. The molecule has 2 nitrogen and oxygen atoms in total. The summed E-state index contributed by atoms with van der Waals surface area (Å²) >= 11 is 5.79. The fraction of sp³-hybridized carbons (Fsp3) is 0.400. The molecular weight excluding hydrogens is 217 g/mol. The Morgan fingerprint density at radius 1 is 1.36 bits per heavy atom. The largest absolute Gasteiger partial charge is 0.300 e. The molecule has 0 aliphatic heterocycles. The standard InChI is InChI=1S/C10H13ClNOP/c11-8-14(13,12-9-6-7-9)10-4-2-1-3-5-10/h1-5,9H,6-8H2,(H,12,13). The highest BCUT2D eigenvalue weighted by Crippen LogP contribution is 2.44. The van der Waals surface area contributed by atoms with Crippen molar-refractivity contribution in [3.05, 3.63) is 30.3 Å². The topological polar surface area (TPSA) is 29.1 Å². The van der Waals surface area contributed by atoms with Crippen LogP contribution in [0, 0.1) is 0 Å². The van der Waals surface area contributed by atoms with Crippen LogP contribution >= 0.6 is 18.9 Å². The molecular formula is C10H13ClNOP. The van der Waals surface area contributed by atoms with Gasteiger partial charge in [0.05, 0.1) is 5.62 Å². The van der Waals surface area contributed by atoms with Crippen LogP contribution in [0.15, 0.2) is 30.3 Å². The van der Waals surface area contributed by atoms with E-state index in [0.717, 1.165) is 18.1 Å². The smallest absolute Gasteiger partial charge is 0.190 e. The summed E-state index contributed by atoms with van der Waals surface area (Å²) in [4.78, 5) is 0. The highest BCUT2D eigenvalue weighted by atomic mass is 35.5. The van der Waals surface area contributed by atoms with Gasteiger partial charge in [0.25, 0.3) is 0 Å². The minimum atomic E-state index is -2.53. The minimum absolute atomic E-state index is 0.174. The molecule has 0 spiro atoms. The molecule has 4 heteroatoms. The Labute approximate surface area is 89.1 Å². The maximum absolute atomic E-state index is 12.4. The van der Waals surface area contributed by atoms with E-state index in [-0.39, 0.29) is 5.62 Å². The van der Waals surface area contributed by atoms with E-state index in [0.29, 0.717) is 6.04 Å². The lowest BCUT2D eigenvalue weighted by atomic mass is 10.4. The van der Waals surface area contributed by atoms with Gasteiger partial charge in [-0.1, -0.05) is 30.3 Å². The maximum atomic E-state index is 12.4. The van der Waals surface area contributed by atoms with Crippen molar-refractivity contribution < 1.29 is 4.57 Å². The zero-order valence-electron chi connectivity index (χ0n) is 7.82. The summed E-state index contributed by atoms with van der Waals surface area (Å²) in [6.45, 7) is 0. The van der Waals surface area contributed by atoms with Crippen LogP contribution in [-0.2, 0) is 4.57 Å². The van der Waals surface area contributed by atoms with E-state index < -0.39 is 7.29 Å². The van der Waals surface area contributed by atoms with E-state index in [1.165, 1.54) is 0 Å². The van der Waals surface area contributed by atoms with Gasteiger partial charge in [0.15, 0.2) is 7.29 Å². The van der Waals surface area contributed by atoms with Gasteiger partial charge in [0, 0.05) is 11.3 Å². The number of halogens is 1. The Kier molecular flexibility index (Phi) is 2.96. The van der Waals surface area contributed by atoms with E-state index in [2.05, 4.69) is 5.09 Å². The summed E-state index contributed by atoms with van der Waals surface area (Å²) in [6, 6.07) is 9.86. The molecule has 1 aliphatic rings. The van der Waals surface area contributed by atoms with E-state index in [1.54, 1.807) is 0 Å². The summed E-state index contributed by atoms with van der Waals surface area (Å²) in [5.74, 6) is 0. The fourth-order valence-corrected chi connectivity index (χ4v) is 3.83. The molecule has 0 amide bonds. The molecule has 0 aromatic heterocycles. The monoisotopic (exact) mass is 229 g/mol. The Morgan fingerprint density at radius 2 is 2.00 bits per heavy atom. The zero-order valence-corrected chi connectivity index (χ0v) is 9.47. The first-order valence-corrected chi connectivity index (χ1v) is 7.16. The number of benzene rings is 1. The third kappa shape index (κ3) is 2.20. The van der Waals surface area contributed by atoms with E-state index >= 15 is 0 Å². The van der Waals surface area contributed by atoms with Crippen LogP contribution in [0.4, 0.5) is 0 Å². The quantitative estimate of drug-likeness (QED) is 0.635. The molecule has 76 valence electrons. The molecule has 1 aliphatic carbocycles. The maximum Gasteiger partial charge on any atom is 0.190 e. The molecule has 0 bridgehead atoms. The summed E-state index contributed by atoms with van der Waals surface area (Å²) in [5.41, 5.74) is 0.174. The molecule has 1 aromatic carbocycles. The first-order valence-electron chi connectivity index (χ1n) is 4.73. The van der Waals surface area contributed by atoms with Crippen LogP contribution in [0.5, 0.6) is 0 Å². The summed E-state index contributed by atoms with van der Waals surface area (Å²) in [7, 11) is -2.53. The average Bonchev–Trinajstić information content (AvgIpc) is 3.03. The Bertz CT molecular complexity index is 350. The normalized spacial score (nSPS) is 20.4. The highest BCUT2D eigenvalue weighted by molar-refractivity contribution is 7.71. The van der Waals surface area contributed by atoms with Gasteiger partial charge in [-0.05, 0) is 12.8 Å². The van der Waals surface area contributed by atoms with E-state index in [9.17, 15) is 4.57 Å². The number of nitrogens with one attached hydrogen (secondary N) is 1. The predicted molar refractivity (Wildman–Crippen MR) is 60.6 cm³/mol. The molecule has 1 fully saturated rings. The minimum Gasteiger partial charge on any atom is -0.300 e. The Hall–Kier alpha value is -0.300. The van der Waals surface area contributed by atoms with Gasteiger partial charge in [0.2, 0.25) is 0 Å². The van der Waals surface area contributed by atoms with Gasteiger partial charge in [0.1, 0.15) is 0 Å². The predicted octanol–water partition coefficient (Wildman–Crippen LogP) is 2.54. The third-order valence-corrected chi connectivity index (χ3v) is 5.57. The second-order valence-electron chi connectivity index (χ2n) is 3.60. The van der Waals surface area contributed by atoms with Crippen molar-refractivity contribution in [3.63, 3.8) is 0 Å². The molecule has 0 saturated heterocycles. The molecule has 1 N–H and O–H groups in total. The molecule has 14 heavy (non-hydrogen) atoms. The Balaban J connectivity index is 2.22. The number of alkyl halides is 1. The van der Waals surface area contributed by atoms with Crippen molar-refractivity contribution in [3.8, 4) is 0 Å². The van der Waals surface area contributed by atoms with Gasteiger partial charge in [-0.25, -0.2) is 0 Å². The summed E-state index contributed by atoms with van der Waals surface area (Å²) < 4.78 is 12.4. The lowest BCUT2D eigenvalue weighted by Gasteiger charge is -2.16. The van der Waals surface area contributed by atoms with E-state index in [4.69, 9.17) is 11.6 Å².